The summed E-state index contributed by atoms with van der Waals surface area (Å²) in [5.74, 6) is 0. The molecule has 2 heterocycles. The lowest BCUT2D eigenvalue weighted by molar-refractivity contribution is 0.251. The van der Waals surface area contributed by atoms with E-state index in [0.29, 0.717) is 24.5 Å². The van der Waals surface area contributed by atoms with Crippen molar-refractivity contribution in [3.05, 3.63) is 120 Å². The molecule has 2 aromatic heterocycles. The number of benzene rings is 2. The van der Waals surface area contributed by atoms with Crippen LogP contribution < -0.4 is 21.3 Å². The SMILES string of the molecule is CC.O=C(NCc1cccnc1)Nc1ccc(Cc2ccc(NC(=O)NCc3cccnc3)cc2)cc1. The summed E-state index contributed by atoms with van der Waals surface area (Å²) in [7, 11) is 0. The first-order valence-corrected chi connectivity index (χ1v) is 12.2. The van der Waals surface area contributed by atoms with Gasteiger partial charge in [0.2, 0.25) is 0 Å². The number of aromatic nitrogens is 2. The first kappa shape index (κ1) is 26.9. The first-order chi connectivity index (χ1) is 18.1. The molecule has 4 aromatic rings. The van der Waals surface area contributed by atoms with Crippen LogP contribution >= 0.6 is 0 Å². The average Bonchev–Trinajstić information content (AvgIpc) is 2.95. The number of urea groups is 2. The minimum absolute atomic E-state index is 0.269. The van der Waals surface area contributed by atoms with Gasteiger partial charge in [-0.15, -0.1) is 0 Å². The Morgan fingerprint density at radius 3 is 1.35 bits per heavy atom. The molecule has 0 aliphatic carbocycles. The van der Waals surface area contributed by atoms with Gasteiger partial charge in [-0.05, 0) is 65.1 Å². The van der Waals surface area contributed by atoms with Crippen molar-refractivity contribution in [2.75, 3.05) is 10.6 Å². The Labute approximate surface area is 217 Å². The number of amides is 4. The number of hydrogen-bond donors (Lipinski definition) is 4. The van der Waals surface area contributed by atoms with Crippen LogP contribution in [0, 0.1) is 0 Å². The van der Waals surface area contributed by atoms with Gasteiger partial charge in [0.05, 0.1) is 0 Å². The van der Waals surface area contributed by atoms with Gasteiger partial charge in [-0.2, -0.15) is 0 Å². The van der Waals surface area contributed by atoms with Crippen LogP contribution in [0.5, 0.6) is 0 Å². The van der Waals surface area contributed by atoms with E-state index in [1.165, 1.54) is 0 Å². The van der Waals surface area contributed by atoms with Crippen LogP contribution in [0.2, 0.25) is 0 Å². The predicted molar refractivity (Wildman–Crippen MR) is 147 cm³/mol. The summed E-state index contributed by atoms with van der Waals surface area (Å²) in [5, 5.41) is 11.3. The van der Waals surface area contributed by atoms with Crippen molar-refractivity contribution in [1.29, 1.82) is 0 Å². The molecule has 0 unspecified atom stereocenters. The van der Waals surface area contributed by atoms with E-state index in [1.54, 1.807) is 24.8 Å². The highest BCUT2D eigenvalue weighted by Gasteiger charge is 2.05. The normalized spacial score (nSPS) is 9.89. The third-order valence-corrected chi connectivity index (χ3v) is 5.18. The second-order valence-electron chi connectivity index (χ2n) is 7.91. The van der Waals surface area contributed by atoms with Crippen LogP contribution in [0.4, 0.5) is 21.0 Å². The van der Waals surface area contributed by atoms with Gasteiger partial charge in [0.25, 0.3) is 0 Å². The number of rotatable bonds is 8. The summed E-state index contributed by atoms with van der Waals surface area (Å²) in [6.45, 7) is 4.82. The van der Waals surface area contributed by atoms with E-state index < -0.39 is 0 Å². The van der Waals surface area contributed by atoms with E-state index in [4.69, 9.17) is 0 Å². The molecule has 0 aliphatic heterocycles. The summed E-state index contributed by atoms with van der Waals surface area (Å²) < 4.78 is 0. The van der Waals surface area contributed by atoms with Crippen molar-refractivity contribution in [2.24, 2.45) is 0 Å². The Hall–Kier alpha value is -4.72. The van der Waals surface area contributed by atoms with Gasteiger partial charge in [-0.25, -0.2) is 9.59 Å². The van der Waals surface area contributed by atoms with Gasteiger partial charge in [0.15, 0.2) is 0 Å². The molecule has 0 saturated heterocycles. The zero-order valence-corrected chi connectivity index (χ0v) is 21.1. The van der Waals surface area contributed by atoms with Crippen LogP contribution in [0.3, 0.4) is 0 Å². The van der Waals surface area contributed by atoms with Gasteiger partial charge >= 0.3 is 12.1 Å². The monoisotopic (exact) mass is 496 g/mol. The maximum absolute atomic E-state index is 12.1. The van der Waals surface area contributed by atoms with Gasteiger partial charge in [0.1, 0.15) is 0 Å². The molecule has 0 radical (unpaired) electrons. The molecule has 0 bridgehead atoms. The van der Waals surface area contributed by atoms with Crippen LogP contribution in [0.15, 0.2) is 97.6 Å². The third-order valence-electron chi connectivity index (χ3n) is 5.18. The highest BCUT2D eigenvalue weighted by molar-refractivity contribution is 5.89. The average molecular weight is 497 g/mol. The zero-order valence-electron chi connectivity index (χ0n) is 21.1. The molecule has 37 heavy (non-hydrogen) atoms. The Balaban J connectivity index is 0.00000186. The van der Waals surface area contributed by atoms with Gasteiger partial charge in [-0.1, -0.05) is 50.2 Å². The molecule has 0 atom stereocenters. The lowest BCUT2D eigenvalue weighted by Gasteiger charge is -2.10. The van der Waals surface area contributed by atoms with E-state index in [1.807, 2.05) is 86.6 Å². The van der Waals surface area contributed by atoms with E-state index in [-0.39, 0.29) is 12.1 Å². The van der Waals surface area contributed by atoms with Crippen molar-refractivity contribution in [3.63, 3.8) is 0 Å². The molecule has 190 valence electrons. The summed E-state index contributed by atoms with van der Waals surface area (Å²) in [6, 6.07) is 22.4. The second-order valence-corrected chi connectivity index (χ2v) is 7.91. The van der Waals surface area contributed by atoms with Crippen LogP contribution in [-0.2, 0) is 19.5 Å². The fourth-order valence-electron chi connectivity index (χ4n) is 3.37. The van der Waals surface area contributed by atoms with E-state index in [0.717, 1.165) is 28.7 Å². The molecule has 4 N–H and O–H groups in total. The molecule has 4 amide bonds. The van der Waals surface area contributed by atoms with Gasteiger partial charge in [0, 0.05) is 49.3 Å². The summed E-state index contributed by atoms with van der Waals surface area (Å²) in [5.41, 5.74) is 5.53. The zero-order chi connectivity index (χ0) is 26.3. The summed E-state index contributed by atoms with van der Waals surface area (Å²) in [4.78, 5) is 32.3. The predicted octanol–water partition coefficient (Wildman–Crippen LogP) is 5.74. The molecule has 8 heteroatoms. The number of anilines is 2. The molecular weight excluding hydrogens is 464 g/mol. The first-order valence-electron chi connectivity index (χ1n) is 12.2. The second kappa shape index (κ2) is 14.6. The molecule has 4 rings (SSSR count). The summed E-state index contributed by atoms with van der Waals surface area (Å²) >= 11 is 0. The fourth-order valence-corrected chi connectivity index (χ4v) is 3.37. The topological polar surface area (TPSA) is 108 Å². The smallest absolute Gasteiger partial charge is 0.319 e. The standard InChI is InChI=1S/C27H26N6O2.C2H6/c34-26(30-18-22-3-1-13-28-16-22)32-24-9-5-20(6-10-24)15-21-7-11-25(12-8-21)33-27(35)31-19-23-4-2-14-29-17-23;1-2/h1-14,16-17H,15,18-19H2,(H2,30,32,34)(H2,31,33,35);1-2H3. The lowest BCUT2D eigenvalue weighted by Crippen LogP contribution is -2.28. The Kier molecular flexibility index (Phi) is 10.6. The molecule has 2 aromatic carbocycles. The van der Waals surface area contributed by atoms with Crippen molar-refractivity contribution >= 4 is 23.4 Å². The number of nitrogens with one attached hydrogen (secondary N) is 4. The van der Waals surface area contributed by atoms with Gasteiger partial charge in [-0.3, -0.25) is 9.97 Å². The van der Waals surface area contributed by atoms with Crippen molar-refractivity contribution in [1.82, 2.24) is 20.6 Å². The largest absolute Gasteiger partial charge is 0.334 e. The number of hydrogen-bond acceptors (Lipinski definition) is 4. The van der Waals surface area contributed by atoms with E-state index >= 15 is 0 Å². The maximum Gasteiger partial charge on any atom is 0.319 e. The van der Waals surface area contributed by atoms with Crippen molar-refractivity contribution in [3.8, 4) is 0 Å². The minimum atomic E-state index is -0.269. The van der Waals surface area contributed by atoms with E-state index in [9.17, 15) is 9.59 Å². The Morgan fingerprint density at radius 2 is 1.00 bits per heavy atom. The highest BCUT2D eigenvalue weighted by atomic mass is 16.2. The van der Waals surface area contributed by atoms with Crippen LogP contribution in [0.1, 0.15) is 36.1 Å². The number of pyridine rings is 2. The Bertz CT molecular complexity index is 1130. The minimum Gasteiger partial charge on any atom is -0.334 e. The fraction of sp³-hybridized carbons (Fsp3) is 0.172. The number of carbonyl (C=O) groups is 2. The van der Waals surface area contributed by atoms with Crippen LogP contribution in [-0.4, -0.2) is 22.0 Å². The lowest BCUT2D eigenvalue weighted by atomic mass is 10.0. The van der Waals surface area contributed by atoms with Gasteiger partial charge < -0.3 is 21.3 Å². The Morgan fingerprint density at radius 1 is 0.595 bits per heavy atom. The van der Waals surface area contributed by atoms with Crippen LogP contribution in [0.25, 0.3) is 0 Å². The highest BCUT2D eigenvalue weighted by Crippen LogP contribution is 2.16. The molecular formula is C29H32N6O2. The molecule has 0 aliphatic rings. The molecule has 0 saturated carbocycles. The molecule has 8 nitrogen and oxygen atoms in total. The number of nitrogens with zero attached hydrogens (tertiary/aromatic N) is 2. The number of carbonyl (C=O) groups excluding carboxylic acids is 2. The van der Waals surface area contributed by atoms with E-state index in [2.05, 4.69) is 31.2 Å². The molecule has 0 fully saturated rings. The maximum atomic E-state index is 12.1. The third kappa shape index (κ3) is 9.45. The summed E-state index contributed by atoms with van der Waals surface area (Å²) in [6.07, 6.45) is 7.57. The van der Waals surface area contributed by atoms with Crippen molar-refractivity contribution in [2.45, 2.75) is 33.4 Å². The quantitative estimate of drug-likeness (QED) is 0.250. The molecule has 0 spiro atoms. The van der Waals surface area contributed by atoms with Crippen molar-refractivity contribution < 1.29 is 9.59 Å².